The lowest BCUT2D eigenvalue weighted by Gasteiger charge is -2.47. The topological polar surface area (TPSA) is 81.2 Å². The van der Waals surface area contributed by atoms with Gasteiger partial charge in [0.2, 0.25) is 5.28 Å². The average Bonchev–Trinajstić information content (AvgIpc) is 2.58. The highest BCUT2D eigenvalue weighted by molar-refractivity contribution is 6.28. The van der Waals surface area contributed by atoms with Gasteiger partial charge in [0.05, 0.1) is 12.5 Å². The van der Waals surface area contributed by atoms with Crippen molar-refractivity contribution in [3.05, 3.63) is 16.8 Å². The number of aromatic nitrogens is 2. The Bertz CT molecular complexity index is 692. The Balaban J connectivity index is 1.92. The van der Waals surface area contributed by atoms with Gasteiger partial charge in [-0.3, -0.25) is 9.59 Å². The average molecular weight is 370 g/mol. The molecule has 3 fully saturated rings. The second-order valence-electron chi connectivity index (χ2n) is 6.68. The van der Waals surface area contributed by atoms with Crippen LogP contribution in [0.4, 0.5) is 10.2 Å². The summed E-state index contributed by atoms with van der Waals surface area (Å²) in [5.41, 5.74) is -0.351. The fourth-order valence-corrected chi connectivity index (χ4v) is 4.31. The Labute approximate surface area is 150 Å². The van der Waals surface area contributed by atoms with Crippen molar-refractivity contribution in [2.24, 2.45) is 17.8 Å². The van der Waals surface area contributed by atoms with Crippen molar-refractivity contribution >= 4 is 29.2 Å². The Hall–Kier alpha value is -1.76. The third kappa shape index (κ3) is 3.47. The van der Waals surface area contributed by atoms with Gasteiger partial charge in [0, 0.05) is 13.0 Å². The number of anilines is 1. The first-order valence-corrected chi connectivity index (χ1v) is 8.97. The number of fused-ring (bicyclic) bond motifs is 3. The van der Waals surface area contributed by atoms with E-state index in [1.54, 1.807) is 6.92 Å². The molecule has 136 valence electrons. The maximum absolute atomic E-state index is 14.6. The summed E-state index contributed by atoms with van der Waals surface area (Å²) in [6.45, 7) is 3.29. The quantitative estimate of drug-likeness (QED) is 0.487. The minimum absolute atomic E-state index is 0.128. The minimum atomic E-state index is -0.832. The lowest BCUT2D eigenvalue weighted by molar-refractivity contribution is -0.154. The lowest BCUT2D eigenvalue weighted by Crippen LogP contribution is -2.52. The summed E-state index contributed by atoms with van der Waals surface area (Å²) in [5, 5.41) is 2.84. The van der Waals surface area contributed by atoms with E-state index in [-0.39, 0.29) is 46.6 Å². The zero-order valence-electron chi connectivity index (χ0n) is 14.2. The summed E-state index contributed by atoms with van der Waals surface area (Å²) in [6.07, 6.45) is 3.88. The van der Waals surface area contributed by atoms with Gasteiger partial charge in [-0.1, -0.05) is 0 Å². The van der Waals surface area contributed by atoms with E-state index >= 15 is 0 Å². The van der Waals surface area contributed by atoms with Crippen molar-refractivity contribution in [3.63, 3.8) is 0 Å². The maximum atomic E-state index is 14.6. The Morgan fingerprint density at radius 1 is 1.24 bits per heavy atom. The number of nitrogens with zero attached hydrogens (tertiary/aromatic N) is 2. The summed E-state index contributed by atoms with van der Waals surface area (Å²) in [7, 11) is 0. The molecule has 3 saturated carbocycles. The van der Waals surface area contributed by atoms with Crippen LogP contribution in [0.5, 0.6) is 0 Å². The van der Waals surface area contributed by atoms with Crippen LogP contribution in [-0.4, -0.2) is 34.4 Å². The van der Waals surface area contributed by atoms with Crippen LogP contribution < -0.4 is 5.32 Å². The monoisotopic (exact) mass is 369 g/mol. The fourth-order valence-electron chi connectivity index (χ4n) is 4.14. The van der Waals surface area contributed by atoms with E-state index in [1.807, 2.05) is 0 Å². The van der Waals surface area contributed by atoms with Crippen molar-refractivity contribution in [1.29, 1.82) is 0 Å². The van der Waals surface area contributed by atoms with E-state index in [0.717, 1.165) is 25.7 Å². The smallest absolute Gasteiger partial charge is 0.311 e. The van der Waals surface area contributed by atoms with Crippen molar-refractivity contribution in [1.82, 2.24) is 9.97 Å². The van der Waals surface area contributed by atoms with Crippen LogP contribution in [0.25, 0.3) is 0 Å². The molecule has 3 aliphatic rings. The molecule has 1 N–H and O–H groups in total. The number of ether oxygens (including phenoxy) is 1. The van der Waals surface area contributed by atoms with Crippen molar-refractivity contribution < 1.29 is 18.7 Å². The summed E-state index contributed by atoms with van der Waals surface area (Å²) >= 11 is 5.84. The second kappa shape index (κ2) is 7.23. The van der Waals surface area contributed by atoms with E-state index in [2.05, 4.69) is 15.3 Å². The molecule has 0 spiro atoms. The summed E-state index contributed by atoms with van der Waals surface area (Å²) < 4.78 is 19.8. The normalized spacial score (nSPS) is 27.8. The van der Waals surface area contributed by atoms with Gasteiger partial charge in [0.1, 0.15) is 5.69 Å². The number of carbonyl (C=O) groups excluding carboxylic acids is 2. The zero-order valence-corrected chi connectivity index (χ0v) is 15.0. The van der Waals surface area contributed by atoms with E-state index in [4.69, 9.17) is 16.3 Å². The summed E-state index contributed by atoms with van der Waals surface area (Å²) in [5.74, 6) is -1.65. The van der Waals surface area contributed by atoms with Gasteiger partial charge in [-0.2, -0.15) is 4.98 Å². The van der Waals surface area contributed by atoms with Gasteiger partial charge in [-0.25, -0.2) is 9.37 Å². The van der Waals surface area contributed by atoms with E-state index in [9.17, 15) is 14.0 Å². The number of esters is 1. The van der Waals surface area contributed by atoms with Crippen molar-refractivity contribution in [3.8, 4) is 0 Å². The molecule has 4 rings (SSSR count). The number of hydrogen-bond donors (Lipinski definition) is 1. The van der Waals surface area contributed by atoms with Crippen LogP contribution >= 0.6 is 11.6 Å². The Kier molecular flexibility index (Phi) is 5.22. The van der Waals surface area contributed by atoms with E-state index in [0.29, 0.717) is 6.61 Å². The number of hydrogen-bond acceptors (Lipinski definition) is 6. The number of nitrogens with one attached hydrogen (secondary N) is 1. The standard InChI is InChI=1S/C17H21ClFN3O3/c1-3-25-16(24)11-9-4-6-10(7-5-9)14(11)20-15-12(19)13(8(2)23)21-17(18)22-15/h9-11,14H,3-7H2,1-2H3,(H,20,21,22)/t9?,10?,11-,14-/m1/s1. The molecule has 3 aliphatic carbocycles. The third-order valence-electron chi connectivity index (χ3n) is 5.24. The maximum Gasteiger partial charge on any atom is 0.311 e. The van der Waals surface area contributed by atoms with Crippen LogP contribution in [0.1, 0.15) is 50.0 Å². The third-order valence-corrected chi connectivity index (χ3v) is 5.41. The molecule has 1 heterocycles. The molecule has 0 aliphatic heterocycles. The molecule has 2 bridgehead atoms. The molecular weight excluding hydrogens is 349 g/mol. The van der Waals surface area contributed by atoms with Crippen LogP contribution in [0.2, 0.25) is 5.28 Å². The first kappa shape index (κ1) is 18.0. The van der Waals surface area contributed by atoms with E-state index in [1.165, 1.54) is 6.92 Å². The first-order chi connectivity index (χ1) is 11.9. The largest absolute Gasteiger partial charge is 0.466 e. The predicted octanol–water partition coefficient (Wildman–Crippen LogP) is 3.25. The van der Waals surface area contributed by atoms with E-state index < -0.39 is 11.6 Å². The molecule has 1 aromatic heterocycles. The SMILES string of the molecule is CCOC(=O)[C@@H]1C2CCC(CC2)[C@H]1Nc1nc(Cl)nc(C(C)=O)c1F. The highest BCUT2D eigenvalue weighted by atomic mass is 35.5. The molecule has 0 aromatic carbocycles. The van der Waals surface area contributed by atoms with Gasteiger partial charge in [-0.05, 0) is 56.0 Å². The summed E-state index contributed by atoms with van der Waals surface area (Å²) in [4.78, 5) is 31.6. The fraction of sp³-hybridized carbons (Fsp3) is 0.647. The molecule has 0 radical (unpaired) electrons. The molecule has 1 aromatic rings. The Morgan fingerprint density at radius 3 is 2.48 bits per heavy atom. The minimum Gasteiger partial charge on any atom is -0.466 e. The van der Waals surface area contributed by atoms with Gasteiger partial charge in [0.15, 0.2) is 17.4 Å². The number of Topliss-reactive ketones (excluding diaryl/α,β-unsaturated/α-hetero) is 1. The van der Waals surface area contributed by atoms with Crippen LogP contribution in [0.3, 0.4) is 0 Å². The molecule has 6 nitrogen and oxygen atoms in total. The van der Waals surface area contributed by atoms with Gasteiger partial charge in [0.25, 0.3) is 0 Å². The van der Waals surface area contributed by atoms with Gasteiger partial charge >= 0.3 is 5.97 Å². The molecule has 0 amide bonds. The van der Waals surface area contributed by atoms with Crippen molar-refractivity contribution in [2.45, 2.75) is 45.6 Å². The molecule has 0 saturated heterocycles. The zero-order chi connectivity index (χ0) is 18.1. The first-order valence-electron chi connectivity index (χ1n) is 8.59. The summed E-state index contributed by atoms with van der Waals surface area (Å²) in [6, 6.07) is -0.285. The number of ketones is 1. The predicted molar refractivity (Wildman–Crippen MR) is 90.0 cm³/mol. The molecule has 8 heteroatoms. The molecule has 0 unspecified atom stereocenters. The molecule has 2 atom stereocenters. The highest BCUT2D eigenvalue weighted by Crippen LogP contribution is 2.46. The highest BCUT2D eigenvalue weighted by Gasteiger charge is 2.48. The number of rotatable bonds is 5. The van der Waals surface area contributed by atoms with Crippen LogP contribution in [-0.2, 0) is 9.53 Å². The van der Waals surface area contributed by atoms with Crippen LogP contribution in [0.15, 0.2) is 0 Å². The van der Waals surface area contributed by atoms with Crippen molar-refractivity contribution in [2.75, 3.05) is 11.9 Å². The van der Waals surface area contributed by atoms with Gasteiger partial charge in [-0.15, -0.1) is 0 Å². The molecule has 25 heavy (non-hydrogen) atoms. The number of carbonyl (C=O) groups is 2. The Morgan fingerprint density at radius 2 is 1.88 bits per heavy atom. The molecular formula is C17H21ClFN3O3. The van der Waals surface area contributed by atoms with Crippen LogP contribution in [0, 0.1) is 23.6 Å². The lowest BCUT2D eigenvalue weighted by atomic mass is 9.61. The second-order valence-corrected chi connectivity index (χ2v) is 7.02. The van der Waals surface area contributed by atoms with Gasteiger partial charge < -0.3 is 10.1 Å². The number of halogens is 2.